The van der Waals surface area contributed by atoms with Crippen LogP contribution in [0.25, 0.3) is 22.5 Å². The molecule has 2 aromatic heterocycles. The molecule has 0 saturated heterocycles. The number of aromatic nitrogens is 2. The van der Waals surface area contributed by atoms with Crippen molar-refractivity contribution in [2.75, 3.05) is 6.54 Å². The van der Waals surface area contributed by atoms with E-state index in [1.165, 1.54) is 24.4 Å². The standard InChI is InChI=1S/C22H21ClF3N3O/c1-13(27-12-22(4,25)26)14-7-9-15(10-8-14)16-6-5-11-29-19(16)28-18(21(2,3)24)17(23)20(29)30/h5-11,27H,1,12H2,2-4H3. The molecule has 0 unspecified atom stereocenters. The van der Waals surface area contributed by atoms with Crippen LogP contribution in [-0.2, 0) is 5.67 Å². The van der Waals surface area contributed by atoms with Gasteiger partial charge in [0.1, 0.15) is 22.0 Å². The maximum atomic E-state index is 14.6. The van der Waals surface area contributed by atoms with Crippen LogP contribution in [0.3, 0.4) is 0 Å². The van der Waals surface area contributed by atoms with E-state index in [0.717, 1.165) is 6.92 Å². The van der Waals surface area contributed by atoms with Gasteiger partial charge in [0.2, 0.25) is 0 Å². The molecule has 0 spiro atoms. The lowest BCUT2D eigenvalue weighted by Gasteiger charge is -2.17. The van der Waals surface area contributed by atoms with Gasteiger partial charge in [-0.05, 0) is 37.1 Å². The number of hydrogen-bond donors (Lipinski definition) is 1. The topological polar surface area (TPSA) is 46.4 Å². The Kier molecular flexibility index (Phi) is 5.69. The van der Waals surface area contributed by atoms with Crippen LogP contribution in [0.4, 0.5) is 13.2 Å². The first-order valence-corrected chi connectivity index (χ1v) is 9.58. The highest BCUT2D eigenvalue weighted by Gasteiger charge is 2.27. The molecule has 8 heteroatoms. The van der Waals surface area contributed by atoms with Gasteiger partial charge in [0.05, 0.1) is 6.54 Å². The van der Waals surface area contributed by atoms with Crippen molar-refractivity contribution >= 4 is 22.9 Å². The predicted octanol–water partition coefficient (Wildman–Crippen LogP) is 5.44. The smallest absolute Gasteiger partial charge is 0.277 e. The van der Waals surface area contributed by atoms with Crippen molar-refractivity contribution in [3.05, 3.63) is 75.8 Å². The van der Waals surface area contributed by atoms with Crippen molar-refractivity contribution < 1.29 is 13.2 Å². The van der Waals surface area contributed by atoms with Crippen LogP contribution in [0.2, 0.25) is 5.02 Å². The van der Waals surface area contributed by atoms with E-state index in [1.807, 2.05) is 0 Å². The van der Waals surface area contributed by atoms with Gasteiger partial charge in [-0.15, -0.1) is 0 Å². The molecule has 158 valence electrons. The van der Waals surface area contributed by atoms with Crippen molar-refractivity contribution in [1.82, 2.24) is 14.7 Å². The maximum absolute atomic E-state index is 14.6. The van der Waals surface area contributed by atoms with E-state index in [0.29, 0.717) is 22.4 Å². The van der Waals surface area contributed by atoms with Gasteiger partial charge in [-0.3, -0.25) is 9.20 Å². The van der Waals surface area contributed by atoms with E-state index in [9.17, 15) is 18.0 Å². The highest BCUT2D eigenvalue weighted by atomic mass is 35.5. The maximum Gasteiger partial charge on any atom is 0.277 e. The third-order valence-corrected chi connectivity index (χ3v) is 4.86. The molecule has 0 radical (unpaired) electrons. The van der Waals surface area contributed by atoms with Crippen molar-refractivity contribution in [3.63, 3.8) is 0 Å². The molecule has 0 aliphatic carbocycles. The summed E-state index contributed by atoms with van der Waals surface area (Å²) in [4.78, 5) is 17.0. The molecule has 2 heterocycles. The predicted molar refractivity (Wildman–Crippen MR) is 114 cm³/mol. The molecular weight excluding hydrogens is 415 g/mol. The first-order chi connectivity index (χ1) is 13.9. The molecule has 1 aromatic carbocycles. The monoisotopic (exact) mass is 435 g/mol. The number of nitrogens with one attached hydrogen (secondary N) is 1. The van der Waals surface area contributed by atoms with Gasteiger partial charge in [0.15, 0.2) is 0 Å². The van der Waals surface area contributed by atoms with Gasteiger partial charge < -0.3 is 5.32 Å². The molecule has 0 saturated carbocycles. The number of fused-ring (bicyclic) bond motifs is 1. The minimum Gasteiger partial charge on any atom is -0.379 e. The lowest BCUT2D eigenvalue weighted by molar-refractivity contribution is 0.0267. The van der Waals surface area contributed by atoms with Crippen LogP contribution in [0.1, 0.15) is 32.0 Å². The first-order valence-electron chi connectivity index (χ1n) is 9.20. The molecule has 3 aromatic rings. The summed E-state index contributed by atoms with van der Waals surface area (Å²) in [5.74, 6) is -2.85. The molecule has 0 atom stereocenters. The lowest BCUT2D eigenvalue weighted by atomic mass is 10.0. The van der Waals surface area contributed by atoms with E-state index in [-0.39, 0.29) is 16.4 Å². The Hall–Kier alpha value is -2.80. The summed E-state index contributed by atoms with van der Waals surface area (Å²) in [6.45, 7) is 6.65. The van der Waals surface area contributed by atoms with Crippen LogP contribution in [0.15, 0.2) is 54.0 Å². The number of nitrogens with zero attached hydrogens (tertiary/aromatic N) is 2. The van der Waals surface area contributed by atoms with Gasteiger partial charge in [0.25, 0.3) is 11.5 Å². The summed E-state index contributed by atoms with van der Waals surface area (Å²) in [6.07, 6.45) is 1.51. The fourth-order valence-corrected chi connectivity index (χ4v) is 3.33. The highest BCUT2D eigenvalue weighted by molar-refractivity contribution is 6.31. The Labute approximate surface area is 177 Å². The second kappa shape index (κ2) is 7.80. The van der Waals surface area contributed by atoms with Gasteiger partial charge in [-0.1, -0.05) is 42.4 Å². The Morgan fingerprint density at radius 3 is 2.37 bits per heavy atom. The molecule has 0 bridgehead atoms. The van der Waals surface area contributed by atoms with Gasteiger partial charge in [0, 0.05) is 24.4 Å². The van der Waals surface area contributed by atoms with Crippen molar-refractivity contribution in [2.45, 2.75) is 32.4 Å². The Balaban J connectivity index is 2.04. The summed E-state index contributed by atoms with van der Waals surface area (Å²) in [6, 6.07) is 10.4. The zero-order valence-electron chi connectivity index (χ0n) is 16.8. The molecule has 0 aliphatic rings. The van der Waals surface area contributed by atoms with Crippen LogP contribution in [-0.4, -0.2) is 21.9 Å². The quantitative estimate of drug-likeness (QED) is 0.561. The summed E-state index contributed by atoms with van der Waals surface area (Å²) >= 11 is 6.07. The average Bonchev–Trinajstić information content (AvgIpc) is 2.67. The number of benzene rings is 1. The zero-order valence-corrected chi connectivity index (χ0v) is 17.5. The van der Waals surface area contributed by atoms with E-state index in [2.05, 4.69) is 16.9 Å². The van der Waals surface area contributed by atoms with Crippen LogP contribution in [0, 0.1) is 0 Å². The number of alkyl halides is 3. The molecule has 0 fully saturated rings. The molecule has 30 heavy (non-hydrogen) atoms. The fourth-order valence-electron chi connectivity index (χ4n) is 2.97. The Morgan fingerprint density at radius 1 is 1.17 bits per heavy atom. The van der Waals surface area contributed by atoms with E-state index in [4.69, 9.17) is 11.6 Å². The van der Waals surface area contributed by atoms with E-state index >= 15 is 0 Å². The molecular formula is C22H21ClF3N3O. The van der Waals surface area contributed by atoms with Crippen molar-refractivity contribution in [3.8, 4) is 11.1 Å². The average molecular weight is 436 g/mol. The summed E-state index contributed by atoms with van der Waals surface area (Å²) in [7, 11) is 0. The van der Waals surface area contributed by atoms with Crippen molar-refractivity contribution in [2.24, 2.45) is 0 Å². The SMILES string of the molecule is C=C(NCC(C)(F)F)c1ccc(-c2cccn3c(=O)c(Cl)c(C(C)(C)F)nc23)cc1. The van der Waals surface area contributed by atoms with Gasteiger partial charge in [-0.2, -0.15) is 0 Å². The van der Waals surface area contributed by atoms with Crippen LogP contribution in [0.5, 0.6) is 0 Å². The molecule has 4 nitrogen and oxygen atoms in total. The summed E-state index contributed by atoms with van der Waals surface area (Å²) in [5, 5.41) is 2.35. The normalized spacial score (nSPS) is 12.2. The second-order valence-corrected chi connectivity index (χ2v) is 8.03. The second-order valence-electron chi connectivity index (χ2n) is 7.65. The number of rotatable bonds is 6. The minimum absolute atomic E-state index is 0.128. The number of halogens is 4. The number of hydrogen-bond acceptors (Lipinski definition) is 3. The highest BCUT2D eigenvalue weighted by Crippen LogP contribution is 2.30. The Morgan fingerprint density at radius 2 is 1.80 bits per heavy atom. The van der Waals surface area contributed by atoms with Crippen molar-refractivity contribution in [1.29, 1.82) is 0 Å². The fraction of sp³-hybridized carbons (Fsp3) is 0.273. The third-order valence-electron chi connectivity index (χ3n) is 4.52. The largest absolute Gasteiger partial charge is 0.379 e. The third kappa shape index (κ3) is 4.51. The number of pyridine rings is 1. The Bertz CT molecular complexity index is 1160. The molecule has 0 amide bonds. The molecule has 3 rings (SSSR count). The summed E-state index contributed by atoms with van der Waals surface area (Å²) in [5.41, 5.74) is 0.000230. The van der Waals surface area contributed by atoms with E-state index in [1.54, 1.807) is 36.4 Å². The lowest BCUT2D eigenvalue weighted by Crippen LogP contribution is -2.28. The first kappa shape index (κ1) is 21.9. The van der Waals surface area contributed by atoms with Gasteiger partial charge >= 0.3 is 0 Å². The zero-order chi connectivity index (χ0) is 22.3. The summed E-state index contributed by atoms with van der Waals surface area (Å²) < 4.78 is 41.9. The minimum atomic E-state index is -2.85. The molecule has 0 aliphatic heterocycles. The van der Waals surface area contributed by atoms with Crippen LogP contribution >= 0.6 is 11.6 Å². The molecule has 1 N–H and O–H groups in total. The van der Waals surface area contributed by atoms with Gasteiger partial charge in [-0.25, -0.2) is 18.2 Å². The van der Waals surface area contributed by atoms with Crippen LogP contribution < -0.4 is 10.9 Å². The van der Waals surface area contributed by atoms with E-state index < -0.39 is 23.7 Å².